The van der Waals surface area contributed by atoms with Gasteiger partial charge in [0.25, 0.3) is 0 Å². The zero-order chi connectivity index (χ0) is 11.3. The molecule has 0 aliphatic rings. The van der Waals surface area contributed by atoms with Crippen molar-refractivity contribution in [2.75, 3.05) is 13.7 Å². The third-order valence-corrected chi connectivity index (χ3v) is 1.67. The van der Waals surface area contributed by atoms with E-state index in [0.29, 0.717) is 11.3 Å². The lowest BCUT2D eigenvalue weighted by molar-refractivity contribution is -0.132. The predicted octanol–water partition coefficient (Wildman–Crippen LogP) is 0.337. The Morgan fingerprint density at radius 3 is 2.33 bits per heavy atom. The molecule has 0 fully saturated rings. The van der Waals surface area contributed by atoms with Crippen LogP contribution in [-0.2, 0) is 9.53 Å². The van der Waals surface area contributed by atoms with Crippen molar-refractivity contribution in [3.63, 3.8) is 0 Å². The van der Waals surface area contributed by atoms with Gasteiger partial charge in [0.1, 0.15) is 5.75 Å². The Kier molecular flexibility index (Phi) is 3.82. The molecule has 1 aromatic rings. The number of esters is 2. The van der Waals surface area contributed by atoms with Crippen LogP contribution in [0, 0.1) is 0 Å². The van der Waals surface area contributed by atoms with Crippen molar-refractivity contribution in [2.45, 2.75) is 0 Å². The number of ether oxygens (including phenoxy) is 2. The molecule has 0 atom stereocenters. The Morgan fingerprint density at radius 1 is 1.27 bits per heavy atom. The molecule has 1 rings (SSSR count). The molecule has 0 unspecified atom stereocenters. The van der Waals surface area contributed by atoms with E-state index in [0.717, 1.165) is 0 Å². The first kappa shape index (κ1) is 11.2. The second kappa shape index (κ2) is 5.11. The van der Waals surface area contributed by atoms with Gasteiger partial charge in [0.15, 0.2) is 0 Å². The summed E-state index contributed by atoms with van der Waals surface area (Å²) in [5.41, 5.74) is 5.46. The molecule has 5 heteroatoms. The maximum atomic E-state index is 11.1. The number of methoxy groups -OCH3 is 1. The van der Waals surface area contributed by atoms with Crippen LogP contribution in [0.25, 0.3) is 0 Å². The summed E-state index contributed by atoms with van der Waals surface area (Å²) in [7, 11) is 1.30. The van der Waals surface area contributed by atoms with Crippen molar-refractivity contribution in [3.8, 4) is 5.75 Å². The monoisotopic (exact) mass is 209 g/mol. The van der Waals surface area contributed by atoms with Crippen LogP contribution in [0.15, 0.2) is 24.3 Å². The van der Waals surface area contributed by atoms with E-state index in [4.69, 9.17) is 10.5 Å². The van der Waals surface area contributed by atoms with Gasteiger partial charge in [-0.1, -0.05) is 0 Å². The normalized spacial score (nSPS) is 9.47. The Balaban J connectivity index is 2.72. The molecule has 15 heavy (non-hydrogen) atoms. The minimum atomic E-state index is -0.527. The maximum Gasteiger partial charge on any atom is 0.337 e. The summed E-state index contributed by atoms with van der Waals surface area (Å²) in [4.78, 5) is 21.9. The van der Waals surface area contributed by atoms with Crippen molar-refractivity contribution in [3.05, 3.63) is 29.8 Å². The lowest BCUT2D eigenvalue weighted by Crippen LogP contribution is -2.19. The first-order valence-corrected chi connectivity index (χ1v) is 4.26. The van der Waals surface area contributed by atoms with E-state index >= 15 is 0 Å². The molecule has 0 aromatic heterocycles. The lowest BCUT2D eigenvalue weighted by atomic mass is 10.2. The number of hydrogen-bond acceptors (Lipinski definition) is 5. The van der Waals surface area contributed by atoms with Gasteiger partial charge in [-0.2, -0.15) is 0 Å². The van der Waals surface area contributed by atoms with Gasteiger partial charge in [0.05, 0.1) is 19.2 Å². The third kappa shape index (κ3) is 3.07. The average molecular weight is 209 g/mol. The SMILES string of the molecule is COC(=O)c1ccc(OC(=O)CN)cc1. The summed E-state index contributed by atoms with van der Waals surface area (Å²) in [6.07, 6.45) is 0. The van der Waals surface area contributed by atoms with Crippen LogP contribution >= 0.6 is 0 Å². The van der Waals surface area contributed by atoms with Crippen LogP contribution < -0.4 is 10.5 Å². The smallest absolute Gasteiger partial charge is 0.337 e. The highest BCUT2D eigenvalue weighted by atomic mass is 16.5. The van der Waals surface area contributed by atoms with E-state index in [1.807, 2.05) is 0 Å². The number of nitrogens with two attached hydrogens (primary N) is 1. The zero-order valence-electron chi connectivity index (χ0n) is 8.23. The molecule has 0 amide bonds. The van der Waals surface area contributed by atoms with Crippen LogP contribution in [0.2, 0.25) is 0 Å². The maximum absolute atomic E-state index is 11.1. The number of carbonyl (C=O) groups excluding carboxylic acids is 2. The topological polar surface area (TPSA) is 78.6 Å². The van der Waals surface area contributed by atoms with Crippen LogP contribution in [0.1, 0.15) is 10.4 Å². The number of benzene rings is 1. The number of rotatable bonds is 3. The average Bonchev–Trinajstić information content (AvgIpc) is 2.29. The molecule has 2 N–H and O–H groups in total. The van der Waals surface area contributed by atoms with Gasteiger partial charge in [-0.05, 0) is 24.3 Å². The fraction of sp³-hybridized carbons (Fsp3) is 0.200. The summed E-state index contributed by atoms with van der Waals surface area (Å²) in [5, 5.41) is 0. The van der Waals surface area contributed by atoms with Crippen LogP contribution in [0.5, 0.6) is 5.75 Å². The van der Waals surface area contributed by atoms with Gasteiger partial charge in [-0.25, -0.2) is 4.79 Å². The van der Waals surface area contributed by atoms with Crippen LogP contribution in [-0.4, -0.2) is 25.6 Å². The summed E-state index contributed by atoms with van der Waals surface area (Å²) >= 11 is 0. The fourth-order valence-corrected chi connectivity index (χ4v) is 0.950. The van der Waals surface area contributed by atoms with Crippen molar-refractivity contribution in [2.24, 2.45) is 5.73 Å². The van der Waals surface area contributed by atoms with Crippen molar-refractivity contribution < 1.29 is 19.1 Å². The van der Waals surface area contributed by atoms with Crippen molar-refractivity contribution in [1.82, 2.24) is 0 Å². The number of carbonyl (C=O) groups is 2. The summed E-state index contributed by atoms with van der Waals surface area (Å²) in [6.45, 7) is -0.182. The van der Waals surface area contributed by atoms with Crippen molar-refractivity contribution in [1.29, 1.82) is 0 Å². The molecule has 0 aliphatic heterocycles. The summed E-state index contributed by atoms with van der Waals surface area (Å²) in [6, 6.07) is 6.01. The highest BCUT2D eigenvalue weighted by molar-refractivity contribution is 5.89. The molecule has 0 saturated heterocycles. The van der Waals surface area contributed by atoms with Gasteiger partial charge >= 0.3 is 11.9 Å². The Morgan fingerprint density at radius 2 is 1.87 bits per heavy atom. The lowest BCUT2D eigenvalue weighted by Gasteiger charge is -2.03. The van der Waals surface area contributed by atoms with Gasteiger partial charge in [0.2, 0.25) is 0 Å². The largest absolute Gasteiger partial charge is 0.465 e. The van der Waals surface area contributed by atoms with E-state index in [1.54, 1.807) is 0 Å². The zero-order valence-corrected chi connectivity index (χ0v) is 8.23. The van der Waals surface area contributed by atoms with Crippen LogP contribution in [0.4, 0.5) is 0 Å². The van der Waals surface area contributed by atoms with Gasteiger partial charge in [-0.3, -0.25) is 4.79 Å². The molecular weight excluding hydrogens is 198 g/mol. The Hall–Kier alpha value is -1.88. The third-order valence-electron chi connectivity index (χ3n) is 1.67. The molecule has 0 aliphatic carbocycles. The molecule has 0 radical (unpaired) electrons. The molecule has 80 valence electrons. The van der Waals surface area contributed by atoms with E-state index in [1.165, 1.54) is 31.4 Å². The Labute approximate surface area is 86.8 Å². The highest BCUT2D eigenvalue weighted by Crippen LogP contribution is 2.12. The highest BCUT2D eigenvalue weighted by Gasteiger charge is 2.06. The van der Waals surface area contributed by atoms with E-state index < -0.39 is 11.9 Å². The fourth-order valence-electron chi connectivity index (χ4n) is 0.950. The van der Waals surface area contributed by atoms with Gasteiger partial charge in [0, 0.05) is 0 Å². The van der Waals surface area contributed by atoms with Gasteiger partial charge < -0.3 is 15.2 Å². The van der Waals surface area contributed by atoms with E-state index in [-0.39, 0.29) is 6.54 Å². The quantitative estimate of drug-likeness (QED) is 0.573. The molecule has 0 spiro atoms. The molecule has 5 nitrogen and oxygen atoms in total. The molecule has 0 bridgehead atoms. The Bertz CT molecular complexity index is 358. The predicted molar refractivity (Wildman–Crippen MR) is 52.5 cm³/mol. The molecule has 0 saturated carbocycles. The summed E-state index contributed by atoms with van der Waals surface area (Å²) < 4.78 is 9.33. The standard InChI is InChI=1S/C10H11NO4/c1-14-10(13)7-2-4-8(5-3-7)15-9(12)6-11/h2-5H,6,11H2,1H3. The van der Waals surface area contributed by atoms with Gasteiger partial charge in [-0.15, -0.1) is 0 Å². The first-order valence-electron chi connectivity index (χ1n) is 4.26. The van der Waals surface area contributed by atoms with Crippen LogP contribution in [0.3, 0.4) is 0 Å². The second-order valence-corrected chi connectivity index (χ2v) is 2.69. The first-order chi connectivity index (χ1) is 7.17. The van der Waals surface area contributed by atoms with E-state index in [2.05, 4.69) is 4.74 Å². The second-order valence-electron chi connectivity index (χ2n) is 2.69. The minimum Gasteiger partial charge on any atom is -0.465 e. The number of hydrogen-bond donors (Lipinski definition) is 1. The van der Waals surface area contributed by atoms with E-state index in [9.17, 15) is 9.59 Å². The molecule has 1 aromatic carbocycles. The summed E-state index contributed by atoms with van der Waals surface area (Å²) in [5.74, 6) is -0.620. The minimum absolute atomic E-state index is 0.182. The molecule has 0 heterocycles. The van der Waals surface area contributed by atoms with Crippen molar-refractivity contribution >= 4 is 11.9 Å². The molecular formula is C10H11NO4.